The van der Waals surface area contributed by atoms with E-state index in [4.69, 9.17) is 9.72 Å². The van der Waals surface area contributed by atoms with Crippen LogP contribution >= 0.6 is 11.3 Å². The molecule has 22 heavy (non-hydrogen) atoms. The van der Waals surface area contributed by atoms with Crippen LogP contribution in [0.4, 0.5) is 0 Å². The summed E-state index contributed by atoms with van der Waals surface area (Å²) in [6, 6.07) is 0.412. The van der Waals surface area contributed by atoms with Crippen LogP contribution in [-0.4, -0.2) is 32.6 Å². The quantitative estimate of drug-likeness (QED) is 0.819. The Kier molecular flexibility index (Phi) is 4.90. The summed E-state index contributed by atoms with van der Waals surface area (Å²) in [7, 11) is 2.07. The van der Waals surface area contributed by atoms with Crippen LogP contribution in [0.25, 0.3) is 0 Å². The third-order valence-corrected chi connectivity index (χ3v) is 5.27. The van der Waals surface area contributed by atoms with Crippen LogP contribution in [0.3, 0.4) is 0 Å². The molecule has 1 aliphatic heterocycles. The zero-order valence-electron chi connectivity index (χ0n) is 13.5. The minimum atomic E-state index is 0.0904. The molecule has 0 N–H and O–H groups in total. The van der Waals surface area contributed by atoms with E-state index in [2.05, 4.69) is 33.8 Å². The molecule has 5 nitrogen and oxygen atoms in total. The molecule has 0 saturated carbocycles. The fourth-order valence-corrected chi connectivity index (χ4v) is 3.93. The molecular weight excluding hydrogens is 296 g/mol. The van der Waals surface area contributed by atoms with Crippen molar-refractivity contribution in [2.24, 2.45) is 7.05 Å². The van der Waals surface area contributed by atoms with E-state index in [0.29, 0.717) is 6.04 Å². The molecule has 0 radical (unpaired) electrons. The van der Waals surface area contributed by atoms with Gasteiger partial charge in [0.2, 0.25) is 0 Å². The van der Waals surface area contributed by atoms with Crippen LogP contribution in [0.5, 0.6) is 0 Å². The van der Waals surface area contributed by atoms with Crippen molar-refractivity contribution in [2.45, 2.75) is 45.4 Å². The van der Waals surface area contributed by atoms with Gasteiger partial charge in [-0.2, -0.15) is 0 Å². The van der Waals surface area contributed by atoms with Gasteiger partial charge in [0.15, 0.2) is 0 Å². The highest BCUT2D eigenvalue weighted by molar-refractivity contribution is 7.09. The number of likely N-dealkylation sites (tertiary alicyclic amines) is 1. The normalized spacial score (nSPS) is 20.6. The third kappa shape index (κ3) is 3.24. The monoisotopic (exact) mass is 320 g/mol. The van der Waals surface area contributed by atoms with Gasteiger partial charge in [-0.3, -0.25) is 4.90 Å². The number of nitrogens with zero attached hydrogens (tertiary/aromatic N) is 4. The Morgan fingerprint density at radius 3 is 3.09 bits per heavy atom. The fraction of sp³-hybridized carbons (Fsp3) is 0.625. The van der Waals surface area contributed by atoms with Crippen molar-refractivity contribution in [2.75, 3.05) is 13.2 Å². The van der Waals surface area contributed by atoms with Crippen LogP contribution in [-0.2, 0) is 18.3 Å². The van der Waals surface area contributed by atoms with Gasteiger partial charge in [0, 0.05) is 38.0 Å². The summed E-state index contributed by atoms with van der Waals surface area (Å²) in [6.07, 6.45) is 6.40. The first-order chi connectivity index (χ1) is 10.7. The summed E-state index contributed by atoms with van der Waals surface area (Å²) in [4.78, 5) is 11.8. The summed E-state index contributed by atoms with van der Waals surface area (Å²) in [5, 5.41) is 3.24. The molecule has 120 valence electrons. The maximum Gasteiger partial charge on any atom is 0.125 e. The molecule has 1 fully saturated rings. The Hall–Kier alpha value is -1.24. The van der Waals surface area contributed by atoms with Gasteiger partial charge in [0.05, 0.1) is 11.7 Å². The van der Waals surface area contributed by atoms with Crippen LogP contribution in [0, 0.1) is 0 Å². The molecule has 1 saturated heterocycles. The number of ether oxygens (including phenoxy) is 1. The van der Waals surface area contributed by atoms with Crippen molar-refractivity contribution in [1.29, 1.82) is 0 Å². The van der Waals surface area contributed by atoms with Crippen molar-refractivity contribution in [3.05, 3.63) is 34.3 Å². The topological polar surface area (TPSA) is 43.2 Å². The fourth-order valence-electron chi connectivity index (χ4n) is 3.12. The molecular formula is C16H24N4OS. The Morgan fingerprint density at radius 1 is 1.50 bits per heavy atom. The zero-order valence-corrected chi connectivity index (χ0v) is 14.3. The number of aromatic nitrogens is 3. The first-order valence-electron chi connectivity index (χ1n) is 7.96. The van der Waals surface area contributed by atoms with E-state index in [9.17, 15) is 0 Å². The predicted octanol–water partition coefficient (Wildman–Crippen LogP) is 3.31. The van der Waals surface area contributed by atoms with Crippen LogP contribution in [0.15, 0.2) is 17.8 Å². The maximum absolute atomic E-state index is 5.63. The largest absolute Gasteiger partial charge is 0.372 e. The molecule has 3 heterocycles. The molecule has 3 rings (SSSR count). The van der Waals surface area contributed by atoms with Gasteiger partial charge >= 0.3 is 0 Å². The van der Waals surface area contributed by atoms with E-state index in [1.807, 2.05) is 19.3 Å². The molecule has 2 atom stereocenters. The molecule has 0 amide bonds. The average molecular weight is 320 g/mol. The van der Waals surface area contributed by atoms with E-state index in [-0.39, 0.29) is 6.10 Å². The molecule has 2 aromatic heterocycles. The molecule has 2 aromatic rings. The van der Waals surface area contributed by atoms with E-state index in [0.717, 1.165) is 36.2 Å². The summed E-state index contributed by atoms with van der Waals surface area (Å²) >= 11 is 1.70. The Morgan fingerprint density at radius 2 is 2.36 bits per heavy atom. The van der Waals surface area contributed by atoms with Crippen molar-refractivity contribution < 1.29 is 4.74 Å². The highest BCUT2D eigenvalue weighted by atomic mass is 32.1. The van der Waals surface area contributed by atoms with E-state index in [1.54, 1.807) is 11.3 Å². The van der Waals surface area contributed by atoms with E-state index < -0.39 is 0 Å². The van der Waals surface area contributed by atoms with Crippen molar-refractivity contribution in [1.82, 2.24) is 19.4 Å². The first-order valence-corrected chi connectivity index (χ1v) is 8.84. The first kappa shape index (κ1) is 15.6. The number of rotatable bonds is 6. The van der Waals surface area contributed by atoms with Gasteiger partial charge in [0.25, 0.3) is 0 Å². The molecule has 0 spiro atoms. The second kappa shape index (κ2) is 6.89. The van der Waals surface area contributed by atoms with Crippen LogP contribution in [0.1, 0.15) is 55.4 Å². The highest BCUT2D eigenvalue weighted by Gasteiger charge is 2.29. The van der Waals surface area contributed by atoms with Gasteiger partial charge in [0.1, 0.15) is 16.9 Å². The lowest BCUT2D eigenvalue weighted by Gasteiger charge is -2.23. The lowest BCUT2D eigenvalue weighted by molar-refractivity contribution is 0.0760. The van der Waals surface area contributed by atoms with Crippen molar-refractivity contribution >= 4 is 11.3 Å². The molecule has 1 aliphatic rings. The SMILES string of the molecule is CCO[C@H](C)c1nc(CN2CCC[C@@H]2c2nccn2C)cs1. The predicted molar refractivity (Wildman–Crippen MR) is 87.7 cm³/mol. The minimum absolute atomic E-state index is 0.0904. The number of thiazole rings is 1. The molecule has 0 aromatic carbocycles. The van der Waals surface area contributed by atoms with Crippen LogP contribution < -0.4 is 0 Å². The van der Waals surface area contributed by atoms with Gasteiger partial charge in [-0.15, -0.1) is 11.3 Å². The lowest BCUT2D eigenvalue weighted by atomic mass is 10.2. The third-order valence-electron chi connectivity index (χ3n) is 4.22. The molecule has 0 unspecified atom stereocenters. The Balaban J connectivity index is 1.69. The number of imidazole rings is 1. The summed E-state index contributed by atoms with van der Waals surface area (Å²) in [5.41, 5.74) is 1.15. The van der Waals surface area contributed by atoms with Gasteiger partial charge in [-0.25, -0.2) is 9.97 Å². The van der Waals surface area contributed by atoms with Gasteiger partial charge < -0.3 is 9.30 Å². The zero-order chi connectivity index (χ0) is 15.5. The number of aryl methyl sites for hydroxylation is 1. The molecule has 0 aliphatic carbocycles. The average Bonchev–Trinajstić information content (AvgIpc) is 3.20. The van der Waals surface area contributed by atoms with Crippen molar-refractivity contribution in [3.63, 3.8) is 0 Å². The maximum atomic E-state index is 5.63. The van der Waals surface area contributed by atoms with Crippen LogP contribution in [0.2, 0.25) is 0 Å². The minimum Gasteiger partial charge on any atom is -0.372 e. The molecule has 6 heteroatoms. The summed E-state index contributed by atoms with van der Waals surface area (Å²) < 4.78 is 7.76. The van der Waals surface area contributed by atoms with E-state index in [1.165, 1.54) is 12.8 Å². The molecule has 0 bridgehead atoms. The van der Waals surface area contributed by atoms with Gasteiger partial charge in [-0.05, 0) is 33.2 Å². The summed E-state index contributed by atoms with van der Waals surface area (Å²) in [6.45, 7) is 6.83. The second-order valence-electron chi connectivity index (χ2n) is 5.80. The number of hydrogen-bond donors (Lipinski definition) is 0. The Labute approximate surface area is 136 Å². The standard InChI is InChI=1S/C16H24N4OS/c1-4-21-12(2)16-18-13(11-22-16)10-20-8-5-6-14(20)15-17-7-9-19(15)3/h7,9,11-12,14H,4-6,8,10H2,1-3H3/t12-,14-/m1/s1. The Bertz CT molecular complexity index is 609. The second-order valence-corrected chi connectivity index (χ2v) is 6.69. The lowest BCUT2D eigenvalue weighted by Crippen LogP contribution is -2.25. The smallest absolute Gasteiger partial charge is 0.125 e. The van der Waals surface area contributed by atoms with E-state index >= 15 is 0 Å². The van der Waals surface area contributed by atoms with Crippen molar-refractivity contribution in [3.8, 4) is 0 Å². The highest BCUT2D eigenvalue weighted by Crippen LogP contribution is 2.32. The van der Waals surface area contributed by atoms with Gasteiger partial charge in [-0.1, -0.05) is 0 Å². The number of hydrogen-bond acceptors (Lipinski definition) is 5. The summed E-state index contributed by atoms with van der Waals surface area (Å²) in [5.74, 6) is 1.16.